The van der Waals surface area contributed by atoms with Crippen LogP contribution in [0.25, 0.3) is 0 Å². The number of halogens is 1. The highest BCUT2D eigenvalue weighted by atomic mass is 19.1. The van der Waals surface area contributed by atoms with Crippen LogP contribution >= 0.6 is 0 Å². The number of fused-ring (bicyclic) bond motifs is 2. The van der Waals surface area contributed by atoms with Crippen LogP contribution in [0.5, 0.6) is 0 Å². The number of nitrogens with zero attached hydrogens (tertiary/aromatic N) is 2. The number of likely N-dealkylation sites (tertiary alicyclic amines) is 1. The first-order chi connectivity index (χ1) is 9.24. The first-order valence-corrected chi connectivity index (χ1v) is 6.91. The second-order valence-corrected chi connectivity index (χ2v) is 5.57. The van der Waals surface area contributed by atoms with Crippen LogP contribution in [0.3, 0.4) is 0 Å². The van der Waals surface area contributed by atoms with Gasteiger partial charge in [0, 0.05) is 31.7 Å². The van der Waals surface area contributed by atoms with Crippen LogP contribution in [-0.4, -0.2) is 30.1 Å². The zero-order chi connectivity index (χ0) is 13.2. The van der Waals surface area contributed by atoms with Gasteiger partial charge in [-0.3, -0.25) is 4.90 Å². The molecule has 0 amide bonds. The zero-order valence-electron chi connectivity index (χ0n) is 10.9. The third-order valence-electron chi connectivity index (χ3n) is 4.19. The lowest BCUT2D eigenvalue weighted by Gasteiger charge is -2.24. The first kappa shape index (κ1) is 12.6. The molecule has 0 aromatic heterocycles. The molecule has 1 aromatic rings. The molecule has 4 heteroatoms. The molecule has 0 aliphatic carbocycles. The molecule has 2 unspecified atom stereocenters. The summed E-state index contributed by atoms with van der Waals surface area (Å²) in [5.74, 6) is -0.336. The van der Waals surface area contributed by atoms with E-state index in [1.54, 1.807) is 6.07 Å². The van der Waals surface area contributed by atoms with E-state index in [1.165, 1.54) is 31.4 Å². The lowest BCUT2D eigenvalue weighted by molar-refractivity contribution is 0.250. The molecule has 2 fully saturated rings. The van der Waals surface area contributed by atoms with E-state index in [9.17, 15) is 4.39 Å². The summed E-state index contributed by atoms with van der Waals surface area (Å²) in [4.78, 5) is 2.38. The monoisotopic (exact) mass is 259 g/mol. The smallest absolute Gasteiger partial charge is 0.124 e. The molecule has 0 saturated carbocycles. The van der Waals surface area contributed by atoms with Crippen molar-refractivity contribution in [3.63, 3.8) is 0 Å². The average Bonchev–Trinajstić information content (AvgIpc) is 2.74. The highest BCUT2D eigenvalue weighted by molar-refractivity contribution is 5.37. The lowest BCUT2D eigenvalue weighted by Crippen LogP contribution is -2.35. The predicted molar refractivity (Wildman–Crippen MR) is 71.0 cm³/mol. The van der Waals surface area contributed by atoms with Gasteiger partial charge in [-0.05, 0) is 37.0 Å². The number of hydrogen-bond donors (Lipinski definition) is 1. The lowest BCUT2D eigenvalue weighted by atomic mass is 10.1. The largest absolute Gasteiger partial charge is 0.310 e. The van der Waals surface area contributed by atoms with Crippen LogP contribution in [0, 0.1) is 17.1 Å². The van der Waals surface area contributed by atoms with Gasteiger partial charge in [0.05, 0.1) is 11.6 Å². The Balaban J connectivity index is 1.73. The number of hydrogen-bond acceptors (Lipinski definition) is 3. The van der Waals surface area contributed by atoms with Gasteiger partial charge in [0.1, 0.15) is 5.82 Å². The van der Waals surface area contributed by atoms with Crippen LogP contribution in [0.2, 0.25) is 0 Å². The number of nitrogens with one attached hydrogen (secondary N) is 1. The Bertz CT molecular complexity index is 509. The van der Waals surface area contributed by atoms with Gasteiger partial charge >= 0.3 is 0 Å². The summed E-state index contributed by atoms with van der Waals surface area (Å²) in [5, 5.41) is 12.7. The quantitative estimate of drug-likeness (QED) is 0.883. The van der Waals surface area contributed by atoms with Crippen LogP contribution in [-0.2, 0) is 6.54 Å². The van der Waals surface area contributed by atoms with E-state index < -0.39 is 0 Å². The molecule has 2 saturated heterocycles. The molecule has 2 heterocycles. The van der Waals surface area contributed by atoms with Crippen LogP contribution in [0.15, 0.2) is 18.2 Å². The van der Waals surface area contributed by atoms with Crippen LogP contribution < -0.4 is 5.32 Å². The molecule has 0 spiro atoms. The predicted octanol–water partition coefficient (Wildman–Crippen LogP) is 2.02. The maximum absolute atomic E-state index is 13.1. The molecular formula is C15H18FN3. The van der Waals surface area contributed by atoms with Gasteiger partial charge in [-0.1, -0.05) is 6.07 Å². The van der Waals surface area contributed by atoms with E-state index in [4.69, 9.17) is 5.26 Å². The van der Waals surface area contributed by atoms with Crippen molar-refractivity contribution < 1.29 is 4.39 Å². The Hall–Kier alpha value is -1.44. The average molecular weight is 259 g/mol. The van der Waals surface area contributed by atoms with Gasteiger partial charge in [0.2, 0.25) is 0 Å². The summed E-state index contributed by atoms with van der Waals surface area (Å²) in [6.45, 7) is 2.82. The third kappa shape index (κ3) is 2.78. The first-order valence-electron chi connectivity index (χ1n) is 6.91. The summed E-state index contributed by atoms with van der Waals surface area (Å²) in [5.41, 5.74) is 1.39. The number of nitriles is 1. The summed E-state index contributed by atoms with van der Waals surface area (Å²) < 4.78 is 13.1. The van der Waals surface area contributed by atoms with Crippen molar-refractivity contribution in [1.82, 2.24) is 10.2 Å². The van der Waals surface area contributed by atoms with Crippen molar-refractivity contribution in [2.75, 3.05) is 13.1 Å². The molecule has 2 aliphatic heterocycles. The van der Waals surface area contributed by atoms with Crippen LogP contribution in [0.1, 0.15) is 30.4 Å². The van der Waals surface area contributed by atoms with Gasteiger partial charge in [-0.25, -0.2) is 4.39 Å². The van der Waals surface area contributed by atoms with E-state index in [2.05, 4.69) is 16.3 Å². The van der Waals surface area contributed by atoms with Gasteiger partial charge in [0.25, 0.3) is 0 Å². The van der Waals surface area contributed by atoms with Crippen molar-refractivity contribution in [3.8, 4) is 6.07 Å². The minimum Gasteiger partial charge on any atom is -0.310 e. The minimum atomic E-state index is -0.336. The Morgan fingerprint density at radius 3 is 3.00 bits per heavy atom. The van der Waals surface area contributed by atoms with E-state index >= 15 is 0 Å². The van der Waals surface area contributed by atoms with E-state index in [-0.39, 0.29) is 5.82 Å². The molecular weight excluding hydrogens is 241 g/mol. The van der Waals surface area contributed by atoms with Crippen LogP contribution in [0.4, 0.5) is 4.39 Å². The molecule has 2 bridgehead atoms. The standard InChI is InChI=1S/C15H18FN3/c16-13-2-1-11(12(7-13)8-17)9-19-6-5-14-3-4-15(10-19)18-14/h1-2,7,14-15,18H,3-6,9-10H2. The molecule has 1 aromatic carbocycles. The van der Waals surface area contributed by atoms with E-state index in [0.29, 0.717) is 17.6 Å². The summed E-state index contributed by atoms with van der Waals surface area (Å²) in [6.07, 6.45) is 3.70. The maximum Gasteiger partial charge on any atom is 0.124 e. The summed E-state index contributed by atoms with van der Waals surface area (Å²) >= 11 is 0. The molecule has 100 valence electrons. The Labute approximate surface area is 113 Å². The van der Waals surface area contributed by atoms with Gasteiger partial charge in [-0.2, -0.15) is 5.26 Å². The topological polar surface area (TPSA) is 39.1 Å². The molecule has 2 atom stereocenters. The fourth-order valence-corrected chi connectivity index (χ4v) is 3.19. The Kier molecular flexibility index (Phi) is 3.50. The maximum atomic E-state index is 13.1. The fourth-order valence-electron chi connectivity index (χ4n) is 3.19. The van der Waals surface area contributed by atoms with Gasteiger partial charge in [0.15, 0.2) is 0 Å². The third-order valence-corrected chi connectivity index (χ3v) is 4.19. The second kappa shape index (κ2) is 5.28. The molecule has 2 aliphatic rings. The van der Waals surface area contributed by atoms with E-state index in [0.717, 1.165) is 25.2 Å². The summed E-state index contributed by atoms with van der Waals surface area (Å²) in [7, 11) is 0. The normalized spacial score (nSPS) is 26.9. The van der Waals surface area contributed by atoms with Crippen molar-refractivity contribution >= 4 is 0 Å². The van der Waals surface area contributed by atoms with E-state index in [1.807, 2.05) is 0 Å². The highest BCUT2D eigenvalue weighted by Gasteiger charge is 2.29. The van der Waals surface area contributed by atoms with Crippen molar-refractivity contribution in [3.05, 3.63) is 35.1 Å². The van der Waals surface area contributed by atoms with Gasteiger partial charge < -0.3 is 5.32 Å². The minimum absolute atomic E-state index is 0.336. The van der Waals surface area contributed by atoms with Gasteiger partial charge in [-0.15, -0.1) is 0 Å². The highest BCUT2D eigenvalue weighted by Crippen LogP contribution is 2.22. The second-order valence-electron chi connectivity index (χ2n) is 5.57. The molecule has 3 nitrogen and oxygen atoms in total. The Morgan fingerprint density at radius 2 is 2.16 bits per heavy atom. The number of benzene rings is 1. The zero-order valence-corrected chi connectivity index (χ0v) is 10.9. The van der Waals surface area contributed by atoms with Crippen molar-refractivity contribution in [2.24, 2.45) is 0 Å². The molecule has 0 radical (unpaired) electrons. The number of rotatable bonds is 2. The molecule has 1 N–H and O–H groups in total. The summed E-state index contributed by atoms with van der Waals surface area (Å²) in [6, 6.07) is 7.85. The molecule has 3 rings (SSSR count). The fraction of sp³-hybridized carbons (Fsp3) is 0.533. The van der Waals surface area contributed by atoms with Crippen molar-refractivity contribution in [2.45, 2.75) is 37.9 Å². The SMILES string of the molecule is N#Cc1cc(F)ccc1CN1CCC2CCC(C1)N2. The Morgan fingerprint density at radius 1 is 1.32 bits per heavy atom. The van der Waals surface area contributed by atoms with Crippen molar-refractivity contribution in [1.29, 1.82) is 5.26 Å². The molecule has 19 heavy (non-hydrogen) atoms.